The van der Waals surface area contributed by atoms with E-state index in [0.717, 1.165) is 0 Å². The molecule has 0 amide bonds. The lowest BCUT2D eigenvalue weighted by molar-refractivity contribution is 0.327. The van der Waals surface area contributed by atoms with Crippen LogP contribution in [0.4, 0.5) is 0 Å². The summed E-state index contributed by atoms with van der Waals surface area (Å²) in [6.07, 6.45) is 0. The lowest BCUT2D eigenvalue weighted by Crippen LogP contribution is -2.53. The zero-order valence-corrected chi connectivity index (χ0v) is 12.6. The Kier molecular flexibility index (Phi) is 5.54. The molecule has 74 valence electrons. The maximum atomic E-state index is 5.96. The Morgan fingerprint density at radius 2 is 1.92 bits per heavy atom. The molecule has 0 bridgehead atoms. The Balaban J connectivity index is 4.02. The van der Waals surface area contributed by atoms with Crippen LogP contribution >= 0.6 is 0 Å². The molecule has 0 heterocycles. The first-order valence-electron chi connectivity index (χ1n) is 4.36. The minimum absolute atomic E-state index is 0.0797. The van der Waals surface area contributed by atoms with Crippen LogP contribution in [0.15, 0.2) is 0 Å². The van der Waals surface area contributed by atoms with Crippen LogP contribution < -0.4 is 0 Å². The van der Waals surface area contributed by atoms with Crippen LogP contribution in [0.5, 0.6) is 0 Å². The van der Waals surface area contributed by atoms with Crippen molar-refractivity contribution in [3.8, 4) is 0 Å². The molecule has 1 unspecified atom stereocenters. The van der Waals surface area contributed by atoms with E-state index in [1.165, 1.54) is 0 Å². The predicted molar refractivity (Wildman–Crippen MR) is 60.8 cm³/mol. The number of rotatable bonds is 5. The van der Waals surface area contributed by atoms with Gasteiger partial charge in [-0.05, 0) is 26.7 Å². The number of hydrogen-bond acceptors (Lipinski definition) is 3. The molecule has 0 aromatic heterocycles. The average molecular weight is 223 g/mol. The zero-order chi connectivity index (χ0) is 9.78. The third kappa shape index (κ3) is 3.97. The van der Waals surface area contributed by atoms with Crippen molar-refractivity contribution in [3.05, 3.63) is 0 Å². The highest BCUT2D eigenvalue weighted by Crippen LogP contribution is 2.09. The Hall–Kier alpha value is 0.531. The summed E-state index contributed by atoms with van der Waals surface area (Å²) in [5, 5.41) is 0. The lowest BCUT2D eigenvalue weighted by atomic mass is 11.6. The van der Waals surface area contributed by atoms with E-state index < -0.39 is 17.8 Å². The number of hydrogen-bond donors (Lipinski definition) is 0. The fourth-order valence-corrected chi connectivity index (χ4v) is 9.00. The Morgan fingerprint density at radius 1 is 1.42 bits per heavy atom. The predicted octanol–water partition coefficient (Wildman–Crippen LogP) is 0.265. The van der Waals surface area contributed by atoms with Gasteiger partial charge in [-0.15, -0.1) is 0 Å². The largest absolute Gasteiger partial charge is 0.426 e. The summed E-state index contributed by atoms with van der Waals surface area (Å²) in [6, 6.07) is 0. The molecule has 0 spiro atoms. The van der Waals surface area contributed by atoms with Gasteiger partial charge in [0.05, 0.1) is 9.68 Å². The van der Waals surface area contributed by atoms with Gasteiger partial charge in [0.1, 0.15) is 0 Å². The van der Waals surface area contributed by atoms with Gasteiger partial charge in [0, 0.05) is 7.11 Å². The molecule has 1 atom stereocenters. The van der Waals surface area contributed by atoms with E-state index in [0.29, 0.717) is 0 Å². The summed E-state index contributed by atoms with van der Waals surface area (Å²) in [6.45, 7) is 8.86. The van der Waals surface area contributed by atoms with Crippen LogP contribution in [-0.2, 0) is 8.54 Å². The van der Waals surface area contributed by atoms with Gasteiger partial charge in [0.25, 0.3) is 0 Å². The fourth-order valence-electron chi connectivity index (χ4n) is 0.925. The molecule has 0 saturated carbocycles. The van der Waals surface area contributed by atoms with Crippen LogP contribution in [0.2, 0.25) is 26.2 Å². The average Bonchev–Trinajstić information content (AvgIpc) is 2.02. The van der Waals surface area contributed by atoms with Crippen molar-refractivity contribution in [1.82, 2.24) is 4.23 Å². The van der Waals surface area contributed by atoms with Crippen molar-refractivity contribution >= 4 is 27.4 Å². The maximum Gasteiger partial charge on any atom is 0.308 e. The summed E-state index contributed by atoms with van der Waals surface area (Å²) in [7, 11) is 0.944. The highest BCUT2D eigenvalue weighted by Gasteiger charge is 2.29. The summed E-state index contributed by atoms with van der Waals surface area (Å²) in [4.78, 5) is 0. The second-order valence-electron chi connectivity index (χ2n) is 3.38. The third-order valence-corrected chi connectivity index (χ3v) is 12.5. The van der Waals surface area contributed by atoms with Gasteiger partial charge >= 0.3 is 9.28 Å². The molecule has 3 nitrogen and oxygen atoms in total. The highest BCUT2D eigenvalue weighted by molar-refractivity contribution is 6.79. The molecular formula is C6H21NO2Si3. The molecule has 0 aromatic rings. The van der Waals surface area contributed by atoms with Gasteiger partial charge in [-0.2, -0.15) is 0 Å². The number of nitrogens with zero attached hydrogens (tertiary/aromatic N) is 1. The SMILES string of the molecule is CO[SiH](C)O[Si](C)(C)N(C)[SiH2]C. The first kappa shape index (κ1) is 12.5. The molecule has 12 heavy (non-hydrogen) atoms. The van der Waals surface area contributed by atoms with Crippen LogP contribution in [-0.4, -0.2) is 45.8 Å². The molecule has 0 N–H and O–H groups in total. The summed E-state index contributed by atoms with van der Waals surface area (Å²) in [5.74, 6) is 0. The van der Waals surface area contributed by atoms with Gasteiger partial charge in [-0.25, -0.2) is 0 Å². The topological polar surface area (TPSA) is 21.7 Å². The molecule has 0 saturated heterocycles. The fraction of sp³-hybridized carbons (Fsp3) is 1.00. The smallest absolute Gasteiger partial charge is 0.308 e. The van der Waals surface area contributed by atoms with Crippen molar-refractivity contribution in [2.24, 2.45) is 0 Å². The van der Waals surface area contributed by atoms with E-state index in [9.17, 15) is 0 Å². The third-order valence-electron chi connectivity index (χ3n) is 2.18. The molecule has 0 rings (SSSR count). The van der Waals surface area contributed by atoms with Gasteiger partial charge in [-0.3, -0.25) is 0 Å². The molecule has 6 heteroatoms. The van der Waals surface area contributed by atoms with Gasteiger partial charge in [0.15, 0.2) is 0 Å². The van der Waals surface area contributed by atoms with Crippen LogP contribution in [0.1, 0.15) is 0 Å². The molecule has 0 aliphatic carbocycles. The molecule has 0 radical (unpaired) electrons. The van der Waals surface area contributed by atoms with E-state index in [-0.39, 0.29) is 9.68 Å². The van der Waals surface area contributed by atoms with Crippen molar-refractivity contribution in [2.75, 3.05) is 14.2 Å². The standard InChI is InChI=1S/C6H21NO2Si3/c1-7(10-3)12(5,6)9-11(4)8-2/h11H,10H2,1-6H3. The maximum absolute atomic E-state index is 5.96. The van der Waals surface area contributed by atoms with Gasteiger partial charge < -0.3 is 12.8 Å². The van der Waals surface area contributed by atoms with E-state index in [2.05, 4.69) is 37.5 Å². The molecule has 0 fully saturated rings. The first-order valence-corrected chi connectivity index (χ1v) is 11.4. The van der Waals surface area contributed by atoms with Crippen molar-refractivity contribution in [2.45, 2.75) is 26.2 Å². The molecule has 0 aliphatic rings. The van der Waals surface area contributed by atoms with Crippen LogP contribution in [0.3, 0.4) is 0 Å². The zero-order valence-electron chi connectivity index (χ0n) is 9.05. The summed E-state index contributed by atoms with van der Waals surface area (Å²) in [5.41, 5.74) is 0. The first-order chi connectivity index (χ1) is 5.44. The molecule has 0 aliphatic heterocycles. The van der Waals surface area contributed by atoms with Crippen molar-refractivity contribution < 1.29 is 8.54 Å². The van der Waals surface area contributed by atoms with Gasteiger partial charge in [0.2, 0.25) is 8.48 Å². The highest BCUT2D eigenvalue weighted by atomic mass is 28.4. The van der Waals surface area contributed by atoms with Crippen molar-refractivity contribution in [1.29, 1.82) is 0 Å². The van der Waals surface area contributed by atoms with Crippen molar-refractivity contribution in [3.63, 3.8) is 0 Å². The van der Waals surface area contributed by atoms with Crippen LogP contribution in [0, 0.1) is 0 Å². The lowest BCUT2D eigenvalue weighted by Gasteiger charge is -2.34. The second kappa shape index (κ2) is 5.30. The van der Waals surface area contributed by atoms with E-state index in [1.54, 1.807) is 7.11 Å². The Bertz CT molecular complexity index is 134. The normalized spacial score (nSPS) is 16.2. The minimum atomic E-state index is -1.56. The van der Waals surface area contributed by atoms with E-state index in [4.69, 9.17) is 8.54 Å². The van der Waals surface area contributed by atoms with Crippen LogP contribution in [0.25, 0.3) is 0 Å². The van der Waals surface area contributed by atoms with Gasteiger partial charge in [-0.1, -0.05) is 6.55 Å². The minimum Gasteiger partial charge on any atom is -0.426 e. The second-order valence-corrected chi connectivity index (χ2v) is 11.8. The Labute approximate surface area is 81.0 Å². The van der Waals surface area contributed by atoms with E-state index in [1.807, 2.05) is 0 Å². The molecular weight excluding hydrogens is 202 g/mol. The Morgan fingerprint density at radius 3 is 2.25 bits per heavy atom. The monoisotopic (exact) mass is 223 g/mol. The van der Waals surface area contributed by atoms with E-state index >= 15 is 0 Å². The summed E-state index contributed by atoms with van der Waals surface area (Å²) < 4.78 is 13.6. The molecule has 0 aromatic carbocycles. The quantitative estimate of drug-likeness (QED) is 0.625. The summed E-state index contributed by atoms with van der Waals surface area (Å²) >= 11 is 0.